The predicted octanol–water partition coefficient (Wildman–Crippen LogP) is 3.91. The first-order chi connectivity index (χ1) is 14.2. The largest absolute Gasteiger partial charge is 0.378 e. The molecular weight excluding hydrogens is 418 g/mol. The third-order valence-electron chi connectivity index (χ3n) is 4.42. The molecule has 0 N–H and O–H groups in total. The van der Waals surface area contributed by atoms with Crippen molar-refractivity contribution in [2.75, 3.05) is 25.5 Å². The maximum atomic E-state index is 12.9. The van der Waals surface area contributed by atoms with E-state index < -0.39 is 10.0 Å². The highest BCUT2D eigenvalue weighted by Crippen LogP contribution is 2.34. The van der Waals surface area contributed by atoms with E-state index in [1.165, 1.54) is 17.0 Å². The van der Waals surface area contributed by atoms with Gasteiger partial charge < -0.3 is 4.90 Å². The van der Waals surface area contributed by atoms with E-state index in [0.29, 0.717) is 4.91 Å². The first-order valence-corrected chi connectivity index (χ1v) is 11.5. The molecule has 6 nitrogen and oxygen atoms in total. The summed E-state index contributed by atoms with van der Waals surface area (Å²) < 4.78 is 29.4. The summed E-state index contributed by atoms with van der Waals surface area (Å²) in [5.74, 6) is -0.297. The Balaban J connectivity index is 1.95. The number of rotatable bonds is 6. The van der Waals surface area contributed by atoms with Crippen LogP contribution in [0.25, 0.3) is 6.08 Å². The Labute approximate surface area is 181 Å². The molecule has 30 heavy (non-hydrogen) atoms. The molecule has 2 aromatic carbocycles. The fourth-order valence-corrected chi connectivity index (χ4v) is 4.94. The quantitative estimate of drug-likeness (QED) is 0.502. The lowest BCUT2D eigenvalue weighted by molar-refractivity contribution is -0.121. The molecule has 1 saturated heterocycles. The van der Waals surface area contributed by atoms with Crippen LogP contribution < -0.4 is 4.90 Å². The smallest absolute Gasteiger partial charge is 0.284 e. The second-order valence-electron chi connectivity index (χ2n) is 6.96. The Morgan fingerprint density at radius 2 is 1.73 bits per heavy atom. The van der Waals surface area contributed by atoms with Gasteiger partial charge in [0.25, 0.3) is 15.9 Å². The van der Waals surface area contributed by atoms with Crippen molar-refractivity contribution in [1.82, 2.24) is 4.90 Å². The topological polar surface area (TPSA) is 70.1 Å². The molecule has 2 aromatic rings. The number of nitrogens with zero attached hydrogens (tertiary/aromatic N) is 3. The number of amidine groups is 1. The number of hydrogen-bond donors (Lipinski definition) is 0. The minimum atomic E-state index is -3.94. The van der Waals surface area contributed by atoms with Crippen LogP contribution in [0.5, 0.6) is 0 Å². The minimum absolute atomic E-state index is 0.0869. The van der Waals surface area contributed by atoms with Gasteiger partial charge in [-0.2, -0.15) is 8.42 Å². The fourth-order valence-electron chi connectivity index (χ4n) is 2.75. The van der Waals surface area contributed by atoms with Gasteiger partial charge in [0.2, 0.25) is 0 Å². The highest BCUT2D eigenvalue weighted by Gasteiger charge is 2.34. The van der Waals surface area contributed by atoms with Gasteiger partial charge in [0.15, 0.2) is 5.17 Å². The molecule has 1 amide bonds. The number of hydrogen-bond acceptors (Lipinski definition) is 5. The van der Waals surface area contributed by atoms with Gasteiger partial charge >= 0.3 is 0 Å². The number of benzene rings is 2. The van der Waals surface area contributed by atoms with E-state index in [1.807, 2.05) is 50.2 Å². The van der Waals surface area contributed by atoms with Crippen LogP contribution in [0.2, 0.25) is 0 Å². The minimum Gasteiger partial charge on any atom is -0.378 e. The summed E-state index contributed by atoms with van der Waals surface area (Å²) in [5, 5.41) is 0.122. The Morgan fingerprint density at radius 1 is 1.10 bits per heavy atom. The van der Waals surface area contributed by atoms with Gasteiger partial charge in [-0.1, -0.05) is 35.9 Å². The first-order valence-electron chi connectivity index (χ1n) is 9.22. The highest BCUT2D eigenvalue weighted by atomic mass is 32.2. The Bertz CT molecular complexity index is 1120. The van der Waals surface area contributed by atoms with Gasteiger partial charge in [-0.05, 0) is 54.6 Å². The van der Waals surface area contributed by atoms with Crippen LogP contribution in [0, 0.1) is 6.92 Å². The van der Waals surface area contributed by atoms with E-state index in [-0.39, 0.29) is 22.5 Å². The van der Waals surface area contributed by atoms with Crippen LogP contribution in [0.4, 0.5) is 5.69 Å². The average molecular weight is 442 g/mol. The zero-order valence-corrected chi connectivity index (χ0v) is 18.7. The van der Waals surface area contributed by atoms with Crippen molar-refractivity contribution in [3.05, 3.63) is 77.2 Å². The van der Waals surface area contributed by atoms with Crippen molar-refractivity contribution in [3.63, 3.8) is 0 Å². The lowest BCUT2D eigenvalue weighted by atomic mass is 10.2. The van der Waals surface area contributed by atoms with Crippen LogP contribution in [-0.2, 0) is 14.8 Å². The van der Waals surface area contributed by atoms with E-state index in [9.17, 15) is 13.2 Å². The Kier molecular flexibility index (Phi) is 6.48. The summed E-state index contributed by atoms with van der Waals surface area (Å²) in [6, 6.07) is 14.2. The van der Waals surface area contributed by atoms with E-state index in [1.54, 1.807) is 24.3 Å². The molecule has 1 heterocycles. The molecule has 0 spiro atoms. The predicted molar refractivity (Wildman–Crippen MR) is 124 cm³/mol. The number of amides is 1. The van der Waals surface area contributed by atoms with Crippen LogP contribution in [0.3, 0.4) is 0 Å². The van der Waals surface area contributed by atoms with E-state index in [0.717, 1.165) is 28.6 Å². The van der Waals surface area contributed by atoms with Crippen LogP contribution >= 0.6 is 11.8 Å². The van der Waals surface area contributed by atoms with Gasteiger partial charge in [0, 0.05) is 26.3 Å². The van der Waals surface area contributed by atoms with Crippen molar-refractivity contribution >= 4 is 44.6 Å². The van der Waals surface area contributed by atoms with Crippen LogP contribution in [0.1, 0.15) is 11.1 Å². The number of sulfonamides is 1. The summed E-state index contributed by atoms with van der Waals surface area (Å²) in [5.41, 5.74) is 2.84. The normalized spacial score (nSPS) is 17.0. The van der Waals surface area contributed by atoms with E-state index in [2.05, 4.69) is 11.0 Å². The van der Waals surface area contributed by atoms with Gasteiger partial charge in [-0.3, -0.25) is 9.69 Å². The molecule has 1 aliphatic rings. The van der Waals surface area contributed by atoms with Crippen molar-refractivity contribution in [2.24, 2.45) is 4.40 Å². The van der Waals surface area contributed by atoms with Gasteiger partial charge in [0.1, 0.15) is 0 Å². The first kappa shape index (κ1) is 21.9. The van der Waals surface area contributed by atoms with Crippen LogP contribution in [-0.4, -0.2) is 45.0 Å². The summed E-state index contributed by atoms with van der Waals surface area (Å²) in [7, 11) is -0.0352. The number of aryl methyl sites for hydroxylation is 1. The zero-order valence-electron chi connectivity index (χ0n) is 17.1. The molecule has 0 aliphatic carbocycles. The molecule has 0 saturated carbocycles. The summed E-state index contributed by atoms with van der Waals surface area (Å²) in [6.07, 6.45) is 3.28. The molecular formula is C22H23N3O3S2. The van der Waals surface area contributed by atoms with E-state index in [4.69, 9.17) is 0 Å². The average Bonchev–Trinajstić information content (AvgIpc) is 2.97. The zero-order chi connectivity index (χ0) is 21.9. The number of anilines is 1. The molecule has 0 radical (unpaired) electrons. The van der Waals surface area contributed by atoms with Gasteiger partial charge in [-0.15, -0.1) is 11.0 Å². The maximum Gasteiger partial charge on any atom is 0.284 e. The Morgan fingerprint density at radius 3 is 2.30 bits per heavy atom. The number of carbonyl (C=O) groups excluding carboxylic acids is 1. The molecule has 0 aromatic heterocycles. The lowest BCUT2D eigenvalue weighted by Crippen LogP contribution is -2.29. The monoisotopic (exact) mass is 441 g/mol. The van der Waals surface area contributed by atoms with Gasteiger partial charge in [0.05, 0.1) is 9.80 Å². The molecule has 3 rings (SSSR count). The molecule has 0 bridgehead atoms. The maximum absolute atomic E-state index is 12.9. The number of thioether (sulfide) groups is 1. The summed E-state index contributed by atoms with van der Waals surface area (Å²) in [4.78, 5) is 16.7. The summed E-state index contributed by atoms with van der Waals surface area (Å²) in [6.45, 7) is 5.71. The molecule has 8 heteroatoms. The van der Waals surface area contributed by atoms with Crippen molar-refractivity contribution in [1.29, 1.82) is 0 Å². The number of carbonyl (C=O) groups is 1. The third kappa shape index (κ3) is 4.83. The second-order valence-corrected chi connectivity index (χ2v) is 9.58. The SMILES string of the molecule is C=CCN1C(=O)/C(=C/c2ccc(N(C)C)cc2)S/C1=N/S(=O)(=O)c1ccc(C)cc1. The molecule has 1 aliphatic heterocycles. The lowest BCUT2D eigenvalue weighted by Gasteiger charge is -2.12. The second kappa shape index (κ2) is 8.89. The molecule has 1 fully saturated rings. The van der Waals surface area contributed by atoms with Gasteiger partial charge in [-0.25, -0.2) is 0 Å². The van der Waals surface area contributed by atoms with Crippen molar-refractivity contribution in [3.8, 4) is 0 Å². The third-order valence-corrected chi connectivity index (χ3v) is 6.83. The van der Waals surface area contributed by atoms with Crippen molar-refractivity contribution < 1.29 is 13.2 Å². The fraction of sp³-hybridized carbons (Fsp3) is 0.182. The van der Waals surface area contributed by atoms with Crippen molar-refractivity contribution in [2.45, 2.75) is 11.8 Å². The van der Waals surface area contributed by atoms with E-state index >= 15 is 0 Å². The highest BCUT2D eigenvalue weighted by molar-refractivity contribution is 8.19. The Hall–Kier alpha value is -2.84. The molecule has 156 valence electrons. The standard InChI is InChI=1S/C22H23N3O3S2/c1-5-14-25-21(26)20(15-17-8-10-18(11-9-17)24(3)4)29-22(25)23-30(27,28)19-12-6-16(2)7-13-19/h5-13,15H,1,14H2,2-4H3/b20-15-,23-22+. The molecule has 0 atom stereocenters. The molecule has 0 unspecified atom stereocenters. The van der Waals surface area contributed by atoms with Crippen LogP contribution in [0.15, 0.2) is 75.4 Å². The summed E-state index contributed by atoms with van der Waals surface area (Å²) >= 11 is 1.05.